The first-order valence-corrected chi connectivity index (χ1v) is 6.03. The topological polar surface area (TPSA) is 27.7 Å². The zero-order valence-electron chi connectivity index (χ0n) is 10.0. The molecule has 90 valence electrons. The van der Waals surface area contributed by atoms with Gasteiger partial charge in [-0.15, -0.1) is 0 Å². The Hall–Kier alpha value is -0.600. The van der Waals surface area contributed by atoms with Crippen LogP contribution >= 0.6 is 0 Å². The van der Waals surface area contributed by atoms with Crippen LogP contribution in [0.15, 0.2) is 0 Å². The van der Waals surface area contributed by atoms with Gasteiger partial charge in [0.15, 0.2) is 0 Å². The molecule has 4 heteroatoms. The maximum absolute atomic E-state index is 5.52. The van der Waals surface area contributed by atoms with Gasteiger partial charge < -0.3 is 15.0 Å². The third-order valence-corrected chi connectivity index (χ3v) is 3.16. The highest BCUT2D eigenvalue weighted by molar-refractivity contribution is 5.02. The van der Waals surface area contributed by atoms with Gasteiger partial charge >= 0.3 is 0 Å². The van der Waals surface area contributed by atoms with Crippen molar-refractivity contribution < 1.29 is 4.74 Å². The lowest BCUT2D eigenvalue weighted by atomic mass is 10.2. The molecule has 1 N–H and O–H groups in total. The molecule has 0 saturated carbocycles. The van der Waals surface area contributed by atoms with Crippen molar-refractivity contribution in [2.45, 2.75) is 6.10 Å². The minimum Gasteiger partial charge on any atom is -0.363 e. The Labute approximate surface area is 97.9 Å². The number of likely N-dealkylation sites (N-methyl/N-ethyl adjacent to an activating group) is 1. The summed E-state index contributed by atoms with van der Waals surface area (Å²) in [6, 6.07) is 0. The average molecular weight is 223 g/mol. The van der Waals surface area contributed by atoms with Crippen LogP contribution in [-0.4, -0.2) is 75.4 Å². The first-order chi connectivity index (χ1) is 7.84. The van der Waals surface area contributed by atoms with Crippen molar-refractivity contribution >= 4 is 0 Å². The maximum atomic E-state index is 5.52. The lowest BCUT2D eigenvalue weighted by Gasteiger charge is -2.30. The number of nitrogens with one attached hydrogen (secondary N) is 1. The molecule has 2 heterocycles. The monoisotopic (exact) mass is 223 g/mol. The van der Waals surface area contributed by atoms with Crippen molar-refractivity contribution in [2.24, 2.45) is 0 Å². The second-order valence-corrected chi connectivity index (χ2v) is 4.52. The van der Waals surface area contributed by atoms with Crippen molar-refractivity contribution in [3.63, 3.8) is 0 Å². The van der Waals surface area contributed by atoms with E-state index in [4.69, 9.17) is 4.74 Å². The van der Waals surface area contributed by atoms with Crippen molar-refractivity contribution in [1.82, 2.24) is 15.1 Å². The number of hydrogen-bond acceptors (Lipinski definition) is 4. The number of piperazine rings is 1. The minimum absolute atomic E-state index is 0.401. The predicted molar refractivity (Wildman–Crippen MR) is 64.3 cm³/mol. The van der Waals surface area contributed by atoms with E-state index in [0.29, 0.717) is 12.7 Å². The third kappa shape index (κ3) is 3.76. The van der Waals surface area contributed by atoms with E-state index in [0.717, 1.165) is 45.8 Å². The zero-order valence-corrected chi connectivity index (χ0v) is 10.0. The Morgan fingerprint density at radius 1 is 1.19 bits per heavy atom. The van der Waals surface area contributed by atoms with Crippen LogP contribution in [0.4, 0.5) is 0 Å². The zero-order chi connectivity index (χ0) is 11.2. The van der Waals surface area contributed by atoms with E-state index in [1.807, 2.05) is 0 Å². The quantitative estimate of drug-likeness (QED) is 0.636. The lowest BCUT2D eigenvalue weighted by Crippen LogP contribution is -2.48. The molecule has 2 fully saturated rings. The van der Waals surface area contributed by atoms with Crippen LogP contribution in [0.1, 0.15) is 0 Å². The second-order valence-electron chi connectivity index (χ2n) is 4.52. The summed E-state index contributed by atoms with van der Waals surface area (Å²) in [6.45, 7) is 8.04. The van der Waals surface area contributed by atoms with Gasteiger partial charge in [-0.2, -0.15) is 0 Å². The molecular formula is C12H21N3O. The summed E-state index contributed by atoms with van der Waals surface area (Å²) in [6.07, 6.45) is 0.401. The third-order valence-electron chi connectivity index (χ3n) is 3.16. The molecule has 4 nitrogen and oxygen atoms in total. The van der Waals surface area contributed by atoms with Gasteiger partial charge in [0.05, 0.1) is 12.6 Å². The Morgan fingerprint density at radius 2 is 1.94 bits per heavy atom. The number of rotatable bonds is 3. The predicted octanol–water partition coefficient (Wildman–Crippen LogP) is -0.774. The summed E-state index contributed by atoms with van der Waals surface area (Å²) >= 11 is 0. The number of ether oxygens (including phenoxy) is 1. The second kappa shape index (κ2) is 6.21. The summed E-state index contributed by atoms with van der Waals surface area (Å²) in [5.41, 5.74) is 0. The number of nitrogens with zero attached hydrogens (tertiary/aromatic N) is 2. The Bertz CT molecular complexity index is 259. The van der Waals surface area contributed by atoms with Crippen LogP contribution in [0.3, 0.4) is 0 Å². The molecule has 16 heavy (non-hydrogen) atoms. The van der Waals surface area contributed by atoms with Crippen LogP contribution in [0, 0.1) is 11.8 Å². The Kier molecular flexibility index (Phi) is 4.61. The molecule has 2 aliphatic heterocycles. The van der Waals surface area contributed by atoms with E-state index in [9.17, 15) is 0 Å². The molecule has 0 bridgehead atoms. The van der Waals surface area contributed by atoms with Gasteiger partial charge in [-0.25, -0.2) is 0 Å². The molecule has 0 aromatic heterocycles. The summed E-state index contributed by atoms with van der Waals surface area (Å²) < 4.78 is 5.52. The fourth-order valence-corrected chi connectivity index (χ4v) is 1.76. The van der Waals surface area contributed by atoms with Crippen molar-refractivity contribution in [3.05, 3.63) is 0 Å². The Morgan fingerprint density at radius 3 is 2.56 bits per heavy atom. The molecule has 0 amide bonds. The lowest BCUT2D eigenvalue weighted by molar-refractivity contribution is 0.0394. The van der Waals surface area contributed by atoms with Gasteiger partial charge in [-0.1, -0.05) is 11.8 Å². The average Bonchev–Trinajstić information content (AvgIpc) is 2.23. The summed E-state index contributed by atoms with van der Waals surface area (Å²) in [4.78, 5) is 4.76. The molecule has 0 atom stereocenters. The summed E-state index contributed by atoms with van der Waals surface area (Å²) in [5.74, 6) is 6.27. The molecule has 0 aromatic carbocycles. The molecule has 0 aliphatic carbocycles. The molecular weight excluding hydrogens is 202 g/mol. The smallest absolute Gasteiger partial charge is 0.108 e. The molecule has 2 aliphatic rings. The summed E-state index contributed by atoms with van der Waals surface area (Å²) in [7, 11) is 2.17. The minimum atomic E-state index is 0.401. The van der Waals surface area contributed by atoms with Crippen molar-refractivity contribution in [2.75, 3.05) is 59.5 Å². The van der Waals surface area contributed by atoms with Gasteiger partial charge in [0.1, 0.15) is 6.61 Å². The van der Waals surface area contributed by atoms with Gasteiger partial charge in [0, 0.05) is 39.3 Å². The largest absolute Gasteiger partial charge is 0.363 e. The highest BCUT2D eigenvalue weighted by Gasteiger charge is 2.15. The van der Waals surface area contributed by atoms with E-state index in [1.165, 1.54) is 0 Å². The molecule has 0 spiro atoms. The van der Waals surface area contributed by atoms with Gasteiger partial charge in [0.25, 0.3) is 0 Å². The Balaban J connectivity index is 1.54. The number of hydrogen-bond donors (Lipinski definition) is 1. The van der Waals surface area contributed by atoms with Gasteiger partial charge in [0.2, 0.25) is 0 Å². The van der Waals surface area contributed by atoms with Crippen LogP contribution in [0.25, 0.3) is 0 Å². The molecule has 2 saturated heterocycles. The molecule has 0 radical (unpaired) electrons. The maximum Gasteiger partial charge on any atom is 0.108 e. The van der Waals surface area contributed by atoms with E-state index >= 15 is 0 Å². The van der Waals surface area contributed by atoms with Crippen LogP contribution in [0.2, 0.25) is 0 Å². The SMILES string of the molecule is CN1CCN(CC#CCOC2CNC2)CC1. The van der Waals surface area contributed by atoms with Gasteiger partial charge in [-0.3, -0.25) is 4.90 Å². The highest BCUT2D eigenvalue weighted by atomic mass is 16.5. The van der Waals surface area contributed by atoms with Crippen LogP contribution < -0.4 is 5.32 Å². The van der Waals surface area contributed by atoms with E-state index < -0.39 is 0 Å². The van der Waals surface area contributed by atoms with Gasteiger partial charge in [-0.05, 0) is 7.05 Å². The molecule has 2 rings (SSSR count). The van der Waals surface area contributed by atoms with Crippen LogP contribution in [-0.2, 0) is 4.74 Å². The standard InChI is InChI=1S/C12H21N3O/c1-14-5-7-15(8-6-14)4-2-3-9-16-12-10-13-11-12/h12-13H,4-11H2,1H3. The normalized spacial score (nSPS) is 23.6. The molecule has 0 unspecified atom stereocenters. The van der Waals surface area contributed by atoms with Crippen LogP contribution in [0.5, 0.6) is 0 Å². The van der Waals surface area contributed by atoms with E-state index in [-0.39, 0.29) is 0 Å². The summed E-state index contributed by atoms with van der Waals surface area (Å²) in [5, 5.41) is 3.17. The highest BCUT2D eigenvalue weighted by Crippen LogP contribution is 1.98. The fourth-order valence-electron chi connectivity index (χ4n) is 1.76. The van der Waals surface area contributed by atoms with E-state index in [2.05, 4.69) is 34.0 Å². The van der Waals surface area contributed by atoms with E-state index in [1.54, 1.807) is 0 Å². The first kappa shape index (κ1) is 11.9. The molecule has 0 aromatic rings. The van der Waals surface area contributed by atoms with Crippen molar-refractivity contribution in [1.29, 1.82) is 0 Å². The van der Waals surface area contributed by atoms with Crippen molar-refractivity contribution in [3.8, 4) is 11.8 Å². The first-order valence-electron chi connectivity index (χ1n) is 6.03. The fraction of sp³-hybridized carbons (Fsp3) is 0.833.